The molecule has 1 rings (SSSR count). The molecule has 0 heterocycles. The van der Waals surface area contributed by atoms with Crippen LogP contribution in [0.15, 0.2) is 18.2 Å². The lowest BCUT2D eigenvalue weighted by molar-refractivity contribution is 0.138. The van der Waals surface area contributed by atoms with Gasteiger partial charge in [0.15, 0.2) is 0 Å². The lowest BCUT2D eigenvalue weighted by atomic mass is 10.1. The number of nitrogens with two attached hydrogens (primary N) is 1. The number of rotatable bonds is 4. The van der Waals surface area contributed by atoms with Crippen molar-refractivity contribution < 1.29 is 5.11 Å². The summed E-state index contributed by atoms with van der Waals surface area (Å²) >= 11 is 0. The van der Waals surface area contributed by atoms with Crippen LogP contribution in [0.1, 0.15) is 19.4 Å². The van der Waals surface area contributed by atoms with E-state index in [0.29, 0.717) is 6.54 Å². The highest BCUT2D eigenvalue weighted by atomic mass is 16.3. The Morgan fingerprint density at radius 1 is 1.40 bits per heavy atom. The van der Waals surface area contributed by atoms with Gasteiger partial charge in [-0.2, -0.15) is 0 Å². The first kappa shape index (κ1) is 11.9. The molecule has 3 nitrogen and oxygen atoms in total. The van der Waals surface area contributed by atoms with Crippen LogP contribution in [0, 0.1) is 12.8 Å². The molecule has 15 heavy (non-hydrogen) atoms. The Kier molecular flexibility index (Phi) is 3.97. The summed E-state index contributed by atoms with van der Waals surface area (Å²) in [6, 6.07) is 5.74. The maximum atomic E-state index is 9.65. The Morgan fingerprint density at radius 2 is 2.07 bits per heavy atom. The first-order valence-corrected chi connectivity index (χ1v) is 5.28. The zero-order chi connectivity index (χ0) is 11.4. The Bertz CT molecular complexity index is 323. The van der Waals surface area contributed by atoms with Crippen LogP contribution in [0.5, 0.6) is 0 Å². The molecule has 1 aromatic carbocycles. The second-order valence-corrected chi connectivity index (χ2v) is 4.27. The van der Waals surface area contributed by atoms with Crippen molar-refractivity contribution in [3.05, 3.63) is 23.8 Å². The predicted molar refractivity (Wildman–Crippen MR) is 64.9 cm³/mol. The molecule has 0 saturated heterocycles. The second-order valence-electron chi connectivity index (χ2n) is 4.27. The Hall–Kier alpha value is -1.22. The van der Waals surface area contributed by atoms with E-state index >= 15 is 0 Å². The third-order valence-electron chi connectivity index (χ3n) is 2.53. The topological polar surface area (TPSA) is 58.3 Å². The van der Waals surface area contributed by atoms with Gasteiger partial charge in [0.1, 0.15) is 0 Å². The molecule has 0 radical (unpaired) electrons. The van der Waals surface area contributed by atoms with E-state index in [9.17, 15) is 5.11 Å². The van der Waals surface area contributed by atoms with Gasteiger partial charge in [0.25, 0.3) is 0 Å². The zero-order valence-electron chi connectivity index (χ0n) is 9.62. The first-order chi connectivity index (χ1) is 7.00. The van der Waals surface area contributed by atoms with Gasteiger partial charge in [0.05, 0.1) is 6.10 Å². The highest BCUT2D eigenvalue weighted by Crippen LogP contribution is 2.18. The van der Waals surface area contributed by atoms with E-state index in [2.05, 4.69) is 5.32 Å². The largest absolute Gasteiger partial charge is 0.399 e. The van der Waals surface area contributed by atoms with Crippen LogP contribution in [0.3, 0.4) is 0 Å². The minimum Gasteiger partial charge on any atom is -0.399 e. The fraction of sp³-hybridized carbons (Fsp3) is 0.500. The van der Waals surface area contributed by atoms with Gasteiger partial charge in [0, 0.05) is 17.9 Å². The van der Waals surface area contributed by atoms with Crippen molar-refractivity contribution in [2.75, 3.05) is 17.6 Å². The molecule has 0 aliphatic carbocycles. The quantitative estimate of drug-likeness (QED) is 0.663. The summed E-state index contributed by atoms with van der Waals surface area (Å²) in [6.45, 7) is 6.57. The van der Waals surface area contributed by atoms with E-state index in [0.717, 1.165) is 16.9 Å². The number of aliphatic hydroxyl groups excluding tert-OH is 1. The summed E-state index contributed by atoms with van der Waals surface area (Å²) in [5.41, 5.74) is 8.56. The number of anilines is 2. The van der Waals surface area contributed by atoms with Crippen molar-refractivity contribution in [3.8, 4) is 0 Å². The molecule has 0 fully saturated rings. The fourth-order valence-corrected chi connectivity index (χ4v) is 1.28. The number of nitrogen functional groups attached to an aromatic ring is 1. The van der Waals surface area contributed by atoms with Gasteiger partial charge in [-0.1, -0.05) is 19.9 Å². The van der Waals surface area contributed by atoms with Gasteiger partial charge in [-0.25, -0.2) is 0 Å². The van der Waals surface area contributed by atoms with Gasteiger partial charge >= 0.3 is 0 Å². The Labute approximate surface area is 91.3 Å². The molecule has 0 aliphatic heterocycles. The number of aliphatic hydroxyl groups is 1. The summed E-state index contributed by atoms with van der Waals surface area (Å²) in [5, 5.41) is 12.9. The Morgan fingerprint density at radius 3 is 2.67 bits per heavy atom. The van der Waals surface area contributed by atoms with E-state index in [-0.39, 0.29) is 12.0 Å². The van der Waals surface area contributed by atoms with Crippen molar-refractivity contribution in [1.29, 1.82) is 0 Å². The smallest absolute Gasteiger partial charge is 0.0735 e. The summed E-state index contributed by atoms with van der Waals surface area (Å²) in [4.78, 5) is 0. The number of hydrogen-bond donors (Lipinski definition) is 3. The minimum atomic E-state index is -0.328. The number of hydrogen-bond acceptors (Lipinski definition) is 3. The van der Waals surface area contributed by atoms with Crippen molar-refractivity contribution >= 4 is 11.4 Å². The fourth-order valence-electron chi connectivity index (χ4n) is 1.28. The first-order valence-electron chi connectivity index (χ1n) is 5.28. The highest BCUT2D eigenvalue weighted by Gasteiger charge is 2.08. The van der Waals surface area contributed by atoms with Gasteiger partial charge in [-0.15, -0.1) is 0 Å². The summed E-state index contributed by atoms with van der Waals surface area (Å²) in [6.07, 6.45) is -0.328. The van der Waals surface area contributed by atoms with Crippen molar-refractivity contribution in [3.63, 3.8) is 0 Å². The summed E-state index contributed by atoms with van der Waals surface area (Å²) < 4.78 is 0. The number of nitrogens with one attached hydrogen (secondary N) is 1. The van der Waals surface area contributed by atoms with E-state index in [1.54, 1.807) is 0 Å². The van der Waals surface area contributed by atoms with Crippen molar-refractivity contribution in [1.82, 2.24) is 0 Å². The molecule has 1 atom stereocenters. The molecule has 0 spiro atoms. The van der Waals surface area contributed by atoms with Crippen molar-refractivity contribution in [2.24, 2.45) is 5.92 Å². The standard InChI is InChI=1S/C12H20N2O/c1-8(2)12(15)7-14-11-6-10(13)5-4-9(11)3/h4-6,8,12,14-15H,7,13H2,1-3H3. The highest BCUT2D eigenvalue weighted by molar-refractivity contribution is 5.59. The lowest BCUT2D eigenvalue weighted by Gasteiger charge is -2.17. The van der Waals surface area contributed by atoms with Crippen LogP contribution in [0.2, 0.25) is 0 Å². The molecule has 0 aliphatic rings. The maximum Gasteiger partial charge on any atom is 0.0735 e. The van der Waals surface area contributed by atoms with Crippen LogP contribution in [-0.4, -0.2) is 17.8 Å². The zero-order valence-corrected chi connectivity index (χ0v) is 9.62. The van der Waals surface area contributed by atoms with E-state index < -0.39 is 0 Å². The molecule has 0 amide bonds. The molecular weight excluding hydrogens is 188 g/mol. The average molecular weight is 208 g/mol. The molecule has 0 bridgehead atoms. The van der Waals surface area contributed by atoms with E-state index in [4.69, 9.17) is 5.73 Å². The molecule has 1 unspecified atom stereocenters. The van der Waals surface area contributed by atoms with Crippen LogP contribution in [-0.2, 0) is 0 Å². The normalized spacial score (nSPS) is 12.9. The van der Waals surface area contributed by atoms with Crippen molar-refractivity contribution in [2.45, 2.75) is 26.9 Å². The predicted octanol–water partition coefficient (Wildman–Crippen LogP) is 2.01. The number of aryl methyl sites for hydroxylation is 1. The average Bonchev–Trinajstić information content (AvgIpc) is 2.18. The monoisotopic (exact) mass is 208 g/mol. The molecule has 0 saturated carbocycles. The molecule has 1 aromatic rings. The summed E-state index contributed by atoms with van der Waals surface area (Å²) in [5.74, 6) is 0.263. The third-order valence-corrected chi connectivity index (χ3v) is 2.53. The lowest BCUT2D eigenvalue weighted by Crippen LogP contribution is -2.25. The van der Waals surface area contributed by atoms with E-state index in [1.807, 2.05) is 39.0 Å². The van der Waals surface area contributed by atoms with Crippen LogP contribution < -0.4 is 11.1 Å². The minimum absolute atomic E-state index is 0.263. The van der Waals surface area contributed by atoms with Gasteiger partial charge in [0.2, 0.25) is 0 Å². The van der Waals surface area contributed by atoms with Gasteiger partial charge in [-0.3, -0.25) is 0 Å². The van der Waals surface area contributed by atoms with Crippen LogP contribution >= 0.6 is 0 Å². The van der Waals surface area contributed by atoms with Gasteiger partial charge in [-0.05, 0) is 30.5 Å². The molecular formula is C12H20N2O. The molecule has 3 heteroatoms. The van der Waals surface area contributed by atoms with E-state index in [1.165, 1.54) is 0 Å². The SMILES string of the molecule is Cc1ccc(N)cc1NCC(O)C(C)C. The third kappa shape index (κ3) is 3.44. The molecule has 84 valence electrons. The maximum absolute atomic E-state index is 9.65. The van der Waals surface area contributed by atoms with Gasteiger partial charge < -0.3 is 16.2 Å². The Balaban J connectivity index is 2.61. The summed E-state index contributed by atoms with van der Waals surface area (Å²) in [7, 11) is 0. The number of benzene rings is 1. The second kappa shape index (κ2) is 5.03. The molecule has 4 N–H and O–H groups in total. The van der Waals surface area contributed by atoms with Crippen LogP contribution in [0.25, 0.3) is 0 Å². The molecule has 0 aromatic heterocycles. The van der Waals surface area contributed by atoms with Crippen LogP contribution in [0.4, 0.5) is 11.4 Å².